The Labute approximate surface area is 353 Å². The minimum atomic E-state index is -1.46. The van der Waals surface area contributed by atoms with E-state index in [1.165, 1.54) is 4.90 Å². The normalized spacial score (nSPS) is 25.8. The number of phenolic OH excluding ortho intramolecular Hbond substituents is 1. The van der Waals surface area contributed by atoms with Gasteiger partial charge in [-0.1, -0.05) is 124 Å². The van der Waals surface area contributed by atoms with Gasteiger partial charge in [-0.05, 0) is 47.6 Å². The van der Waals surface area contributed by atoms with Crippen LogP contribution in [0.5, 0.6) is 5.75 Å². The lowest BCUT2D eigenvalue weighted by molar-refractivity contribution is -0.225. The van der Waals surface area contributed by atoms with Crippen LogP contribution in [0.25, 0.3) is 6.08 Å². The lowest BCUT2D eigenvalue weighted by Crippen LogP contribution is -2.70. The maximum atomic E-state index is 15.5. The fraction of sp³-hybridized carbons (Fsp3) is 0.521. The van der Waals surface area contributed by atoms with E-state index < -0.39 is 65.5 Å². The van der Waals surface area contributed by atoms with Gasteiger partial charge < -0.3 is 34.6 Å². The number of fused-ring (bicyclic) bond motifs is 4. The number of allylic oxidation sites excluding steroid dienone is 1. The molecule has 3 aromatic rings. The standard InChI is InChI=1S/C48H61N3O9/c1-4-6-13-26-47(27-14-7-5-2)58-40-39-31-48(46(56)50(3)37(44(54)49-28-29-52)30-34-16-9-8-10-17-34)42(45(55)57-39)51(60-43(48)41(40)59-47)32-35-24-22-33(23-25-35)18-15-20-36-19-11-12-21-38(36)53/h8-12,15-19,21-25,37,39-43,52-53H,4-7,13-14,20,26-32H2,1-3H3,(H,49,54)/t37-,39?,40+,41+,42+,43-,48?/m1/s1. The van der Waals surface area contributed by atoms with Crippen LogP contribution in [0.1, 0.15) is 93.9 Å². The van der Waals surface area contributed by atoms with E-state index in [-0.39, 0.29) is 38.3 Å². The Bertz CT molecular complexity index is 1950. The fourth-order valence-electron chi connectivity index (χ4n) is 9.61. The fourth-order valence-corrected chi connectivity index (χ4v) is 9.61. The first-order valence-electron chi connectivity index (χ1n) is 21.8. The van der Waals surface area contributed by atoms with Crippen LogP contribution in [-0.4, -0.2) is 100 Å². The van der Waals surface area contributed by atoms with E-state index in [1.807, 2.05) is 78.9 Å². The van der Waals surface area contributed by atoms with Gasteiger partial charge in [-0.2, -0.15) is 5.06 Å². The largest absolute Gasteiger partial charge is 0.508 e. The highest BCUT2D eigenvalue weighted by Crippen LogP contribution is 2.58. The number of aromatic hydroxyl groups is 1. The molecule has 1 aliphatic carbocycles. The van der Waals surface area contributed by atoms with Crippen LogP contribution in [0.3, 0.4) is 0 Å². The van der Waals surface area contributed by atoms with Gasteiger partial charge in [0.2, 0.25) is 11.8 Å². The molecule has 12 nitrogen and oxygen atoms in total. The van der Waals surface area contributed by atoms with Gasteiger partial charge in [-0.3, -0.25) is 19.2 Å². The van der Waals surface area contributed by atoms with Gasteiger partial charge in [-0.15, -0.1) is 0 Å². The van der Waals surface area contributed by atoms with Crippen molar-refractivity contribution in [2.24, 2.45) is 5.41 Å². The van der Waals surface area contributed by atoms with Crippen LogP contribution in [0.2, 0.25) is 0 Å². The summed E-state index contributed by atoms with van der Waals surface area (Å²) in [5.74, 6) is -2.03. The quantitative estimate of drug-likeness (QED) is 0.0881. The molecule has 7 rings (SSSR count). The van der Waals surface area contributed by atoms with Crippen molar-refractivity contribution < 1.29 is 43.6 Å². The van der Waals surface area contributed by atoms with E-state index >= 15 is 4.79 Å². The predicted octanol–water partition coefficient (Wildman–Crippen LogP) is 6.27. The molecule has 3 saturated heterocycles. The van der Waals surface area contributed by atoms with Crippen LogP contribution < -0.4 is 5.32 Å². The number of carbonyl (C=O) groups is 3. The number of para-hydroxylation sites is 1. The molecule has 2 unspecified atom stereocenters. The molecule has 12 heteroatoms. The highest BCUT2D eigenvalue weighted by molar-refractivity contribution is 5.96. The Morgan fingerprint density at radius 2 is 1.60 bits per heavy atom. The van der Waals surface area contributed by atoms with E-state index in [0.717, 1.165) is 60.8 Å². The van der Waals surface area contributed by atoms with Crippen molar-refractivity contribution in [2.75, 3.05) is 20.2 Å². The maximum absolute atomic E-state index is 15.5. The molecule has 4 aliphatic rings. The summed E-state index contributed by atoms with van der Waals surface area (Å²) in [4.78, 5) is 52.2. The number of hydrogen-bond acceptors (Lipinski definition) is 10. The molecule has 3 heterocycles. The van der Waals surface area contributed by atoms with Crippen molar-refractivity contribution in [3.05, 3.63) is 107 Å². The van der Waals surface area contributed by atoms with Crippen molar-refractivity contribution in [1.82, 2.24) is 15.3 Å². The molecule has 4 fully saturated rings. The second-order valence-corrected chi connectivity index (χ2v) is 16.8. The maximum Gasteiger partial charge on any atom is 0.327 e. The zero-order chi connectivity index (χ0) is 42.3. The van der Waals surface area contributed by atoms with Crippen LogP contribution in [0, 0.1) is 5.41 Å². The first-order valence-corrected chi connectivity index (χ1v) is 21.8. The van der Waals surface area contributed by atoms with Crippen LogP contribution in [0.4, 0.5) is 0 Å². The number of nitrogens with zero attached hydrogens (tertiary/aromatic N) is 2. The molecular weight excluding hydrogens is 763 g/mol. The summed E-state index contributed by atoms with van der Waals surface area (Å²) in [6, 6.07) is 22.6. The highest BCUT2D eigenvalue weighted by Gasteiger charge is 2.76. The summed E-state index contributed by atoms with van der Waals surface area (Å²) in [6.45, 7) is 4.29. The van der Waals surface area contributed by atoms with E-state index in [4.69, 9.17) is 19.0 Å². The number of rotatable bonds is 20. The number of aliphatic hydroxyl groups excluding tert-OH is 1. The Morgan fingerprint density at radius 1 is 0.917 bits per heavy atom. The number of carbonyl (C=O) groups excluding carboxylic acids is 3. The van der Waals surface area contributed by atoms with Gasteiger partial charge in [0.15, 0.2) is 11.8 Å². The van der Waals surface area contributed by atoms with E-state index in [1.54, 1.807) is 24.2 Å². The molecule has 2 bridgehead atoms. The molecule has 3 aromatic carbocycles. The Hall–Kier alpha value is -4.59. The summed E-state index contributed by atoms with van der Waals surface area (Å²) in [5, 5.41) is 24.1. The Balaban J connectivity index is 1.21. The van der Waals surface area contributed by atoms with Gasteiger partial charge >= 0.3 is 5.97 Å². The third-order valence-electron chi connectivity index (χ3n) is 12.7. The Morgan fingerprint density at radius 3 is 2.28 bits per heavy atom. The minimum Gasteiger partial charge on any atom is -0.508 e. The number of aliphatic hydroxyl groups is 1. The zero-order valence-corrected chi connectivity index (χ0v) is 35.2. The number of unbranched alkanes of at least 4 members (excludes halogenated alkanes) is 4. The average Bonchev–Trinajstić information content (AvgIpc) is 3.81. The number of hydroxylamine groups is 2. The van der Waals surface area contributed by atoms with E-state index in [9.17, 15) is 19.8 Å². The first kappa shape index (κ1) is 43.5. The van der Waals surface area contributed by atoms with Gasteiger partial charge in [-0.25, -0.2) is 0 Å². The van der Waals surface area contributed by atoms with Gasteiger partial charge in [0.25, 0.3) is 0 Å². The lowest BCUT2D eigenvalue weighted by atomic mass is 9.62. The summed E-state index contributed by atoms with van der Waals surface area (Å²) < 4.78 is 20.3. The molecule has 322 valence electrons. The second kappa shape index (κ2) is 19.4. The summed E-state index contributed by atoms with van der Waals surface area (Å²) in [5.41, 5.74) is 2.06. The van der Waals surface area contributed by atoms with Crippen molar-refractivity contribution in [1.29, 1.82) is 0 Å². The molecule has 3 N–H and O–H groups in total. The summed E-state index contributed by atoms with van der Waals surface area (Å²) >= 11 is 0. The number of ether oxygens (including phenoxy) is 3. The SMILES string of the molecule is CCCCCC1(CCCCC)O[C@@H]2[C@H]3ON(Cc4ccc(C=CCc5ccccc5O)cc4)[C@H]4C(=O)OC(CC34C(=O)N(C)[C@H](Cc3ccccc3)C(=O)NCCO)[C@@H]2O1. The summed E-state index contributed by atoms with van der Waals surface area (Å²) in [6.07, 6.45) is 9.22. The number of phenols is 1. The number of nitrogens with one attached hydrogen (secondary N) is 1. The zero-order valence-electron chi connectivity index (χ0n) is 35.2. The van der Waals surface area contributed by atoms with Crippen molar-refractivity contribution in [3.8, 4) is 5.75 Å². The topological polar surface area (TPSA) is 147 Å². The van der Waals surface area contributed by atoms with Gasteiger partial charge in [0.1, 0.15) is 41.6 Å². The van der Waals surface area contributed by atoms with Crippen molar-refractivity contribution in [3.63, 3.8) is 0 Å². The molecule has 0 aromatic heterocycles. The highest BCUT2D eigenvalue weighted by atomic mass is 16.8. The van der Waals surface area contributed by atoms with Gasteiger partial charge in [0, 0.05) is 39.3 Å². The van der Waals surface area contributed by atoms with Crippen LogP contribution in [-0.2, 0) is 52.8 Å². The molecule has 3 aliphatic heterocycles. The van der Waals surface area contributed by atoms with Crippen molar-refractivity contribution in [2.45, 2.75) is 133 Å². The number of esters is 1. The molecule has 2 amide bonds. The van der Waals surface area contributed by atoms with E-state index in [2.05, 4.69) is 19.2 Å². The average molecular weight is 824 g/mol. The third-order valence-corrected chi connectivity index (χ3v) is 12.7. The second-order valence-electron chi connectivity index (χ2n) is 16.8. The summed E-state index contributed by atoms with van der Waals surface area (Å²) in [7, 11) is 1.62. The number of amides is 2. The molecule has 0 spiro atoms. The third kappa shape index (κ3) is 9.04. The van der Waals surface area contributed by atoms with E-state index in [0.29, 0.717) is 19.3 Å². The predicted molar refractivity (Wildman–Crippen MR) is 226 cm³/mol. The molecule has 0 radical (unpaired) electrons. The molecule has 1 saturated carbocycles. The monoisotopic (exact) mass is 823 g/mol. The molecule has 7 atom stereocenters. The number of benzene rings is 3. The lowest BCUT2D eigenvalue weighted by Gasteiger charge is -2.50. The van der Waals surface area contributed by atoms with Crippen LogP contribution in [0.15, 0.2) is 84.9 Å². The number of hydrogen-bond donors (Lipinski definition) is 3. The van der Waals surface area contributed by atoms with Gasteiger partial charge in [0.05, 0.1) is 13.2 Å². The number of likely N-dealkylation sites (N-methyl/N-ethyl adjacent to an activating group) is 1. The first-order chi connectivity index (χ1) is 29.1. The molecule has 60 heavy (non-hydrogen) atoms. The minimum absolute atomic E-state index is 0.0338. The molecular formula is C48H61N3O9. The Kier molecular flexibility index (Phi) is 14.1. The van der Waals surface area contributed by atoms with Crippen molar-refractivity contribution >= 4 is 23.9 Å². The van der Waals surface area contributed by atoms with Crippen LogP contribution >= 0.6 is 0 Å². The smallest absolute Gasteiger partial charge is 0.327 e.